The second-order valence-electron chi connectivity index (χ2n) is 8.00. The van der Waals surface area contributed by atoms with Crippen molar-refractivity contribution in [1.29, 1.82) is 0 Å². The van der Waals surface area contributed by atoms with Gasteiger partial charge in [-0.15, -0.1) is 0 Å². The maximum absolute atomic E-state index is 11.7. The number of morpholine rings is 1. The van der Waals surface area contributed by atoms with Gasteiger partial charge in [0.15, 0.2) is 5.96 Å². The third-order valence-corrected chi connectivity index (χ3v) is 5.96. The summed E-state index contributed by atoms with van der Waals surface area (Å²) in [5, 5.41) is 6.47. The van der Waals surface area contributed by atoms with Crippen molar-refractivity contribution in [3.63, 3.8) is 0 Å². The first kappa shape index (κ1) is 19.0. The lowest BCUT2D eigenvalue weighted by Crippen LogP contribution is -2.51. The summed E-state index contributed by atoms with van der Waals surface area (Å²) >= 11 is 0. The van der Waals surface area contributed by atoms with Crippen molar-refractivity contribution in [2.24, 2.45) is 10.4 Å². The summed E-state index contributed by atoms with van der Waals surface area (Å²) in [4.78, 5) is 25.4. The number of piperidine rings is 1. The monoisotopic (exact) mass is 386 g/mol. The number of aromatic nitrogens is 1. The van der Waals surface area contributed by atoms with E-state index in [1.165, 1.54) is 0 Å². The van der Waals surface area contributed by atoms with E-state index < -0.39 is 0 Å². The number of nitrogens with one attached hydrogen (secondary N) is 2. The standard InChI is InChI=1S/C20H30N6O2/c1-21-19(26-6-2-5-20(15-26)11-18(27)24-14-20)23-13-16-3-4-17(22-12-16)25-7-9-28-10-8-25/h3-4,12H,2,5-11,13-15H2,1H3,(H,21,23)(H,24,27). The highest BCUT2D eigenvalue weighted by atomic mass is 16.5. The number of anilines is 1. The molecular formula is C20H30N6O2. The molecule has 0 saturated carbocycles. The van der Waals surface area contributed by atoms with Crippen LogP contribution in [0.5, 0.6) is 0 Å². The van der Waals surface area contributed by atoms with Crippen molar-refractivity contribution in [2.45, 2.75) is 25.8 Å². The number of ether oxygens (including phenoxy) is 1. The predicted molar refractivity (Wildman–Crippen MR) is 108 cm³/mol. The zero-order valence-electron chi connectivity index (χ0n) is 16.6. The van der Waals surface area contributed by atoms with Gasteiger partial charge in [-0.05, 0) is 24.5 Å². The average molecular weight is 387 g/mol. The van der Waals surface area contributed by atoms with Crippen LogP contribution in [0.4, 0.5) is 5.82 Å². The summed E-state index contributed by atoms with van der Waals surface area (Å²) in [5.41, 5.74) is 1.19. The number of guanidine groups is 1. The molecule has 3 saturated heterocycles. The molecular weight excluding hydrogens is 356 g/mol. The van der Waals surface area contributed by atoms with Gasteiger partial charge in [0.05, 0.1) is 13.2 Å². The molecule has 1 aromatic heterocycles. The molecule has 3 aliphatic rings. The Bertz CT molecular complexity index is 716. The number of pyridine rings is 1. The molecule has 2 N–H and O–H groups in total. The summed E-state index contributed by atoms with van der Waals surface area (Å²) in [5.74, 6) is 2.08. The van der Waals surface area contributed by atoms with Crippen LogP contribution in [0.15, 0.2) is 23.3 Å². The highest BCUT2D eigenvalue weighted by molar-refractivity contribution is 5.81. The number of carbonyl (C=O) groups excluding carboxylic acids is 1. The van der Waals surface area contributed by atoms with E-state index in [1.807, 2.05) is 13.2 Å². The first-order chi connectivity index (χ1) is 13.7. The second kappa shape index (κ2) is 8.34. The summed E-state index contributed by atoms with van der Waals surface area (Å²) in [6.45, 7) is 6.63. The van der Waals surface area contributed by atoms with Crippen molar-refractivity contribution in [1.82, 2.24) is 20.5 Å². The van der Waals surface area contributed by atoms with Gasteiger partial charge in [-0.25, -0.2) is 4.98 Å². The minimum absolute atomic E-state index is 0.0638. The Morgan fingerprint density at radius 1 is 1.36 bits per heavy atom. The maximum atomic E-state index is 11.7. The highest BCUT2D eigenvalue weighted by Gasteiger charge is 2.42. The minimum atomic E-state index is 0.0638. The Morgan fingerprint density at radius 3 is 2.89 bits per heavy atom. The van der Waals surface area contributed by atoms with Gasteiger partial charge in [0, 0.05) is 64.3 Å². The van der Waals surface area contributed by atoms with E-state index in [1.54, 1.807) is 0 Å². The molecule has 8 nitrogen and oxygen atoms in total. The quantitative estimate of drug-likeness (QED) is 0.585. The first-order valence-electron chi connectivity index (χ1n) is 10.2. The van der Waals surface area contributed by atoms with Crippen LogP contribution < -0.4 is 15.5 Å². The van der Waals surface area contributed by atoms with Gasteiger partial charge in [0.25, 0.3) is 0 Å². The Kier molecular flexibility index (Phi) is 5.66. The van der Waals surface area contributed by atoms with Gasteiger partial charge in [-0.3, -0.25) is 9.79 Å². The van der Waals surface area contributed by atoms with Crippen molar-refractivity contribution >= 4 is 17.7 Å². The molecule has 0 bridgehead atoms. The minimum Gasteiger partial charge on any atom is -0.378 e. The van der Waals surface area contributed by atoms with Crippen molar-refractivity contribution < 1.29 is 9.53 Å². The number of hydrogen-bond acceptors (Lipinski definition) is 5. The summed E-state index contributed by atoms with van der Waals surface area (Å²) in [6, 6.07) is 4.20. The van der Waals surface area contributed by atoms with Crippen LogP contribution in [0.2, 0.25) is 0 Å². The predicted octanol–water partition coefficient (Wildman–Crippen LogP) is 0.596. The number of hydrogen-bond donors (Lipinski definition) is 2. The van der Waals surface area contributed by atoms with Crippen LogP contribution in [-0.2, 0) is 16.1 Å². The number of likely N-dealkylation sites (tertiary alicyclic amines) is 1. The molecule has 8 heteroatoms. The Labute approximate surface area is 166 Å². The molecule has 0 aliphatic carbocycles. The third-order valence-electron chi connectivity index (χ3n) is 5.96. The molecule has 3 aliphatic heterocycles. The third kappa shape index (κ3) is 4.22. The molecule has 4 heterocycles. The topological polar surface area (TPSA) is 82.1 Å². The van der Waals surface area contributed by atoms with Crippen molar-refractivity contribution in [3.05, 3.63) is 23.9 Å². The summed E-state index contributed by atoms with van der Waals surface area (Å²) < 4.78 is 5.40. The normalized spacial score (nSPS) is 25.9. The van der Waals surface area contributed by atoms with E-state index in [4.69, 9.17) is 4.74 Å². The zero-order valence-corrected chi connectivity index (χ0v) is 16.6. The molecule has 152 valence electrons. The number of nitrogens with zero attached hydrogens (tertiary/aromatic N) is 4. The molecule has 1 unspecified atom stereocenters. The van der Waals surface area contributed by atoms with Gasteiger partial charge < -0.3 is 25.2 Å². The molecule has 1 atom stereocenters. The van der Waals surface area contributed by atoms with Crippen LogP contribution in [0.25, 0.3) is 0 Å². The van der Waals surface area contributed by atoms with Crippen LogP contribution in [0, 0.1) is 5.41 Å². The van der Waals surface area contributed by atoms with Crippen molar-refractivity contribution in [3.8, 4) is 0 Å². The fraction of sp³-hybridized carbons (Fsp3) is 0.650. The summed E-state index contributed by atoms with van der Waals surface area (Å²) in [6.07, 6.45) is 4.76. The van der Waals surface area contributed by atoms with Gasteiger partial charge in [-0.1, -0.05) is 6.07 Å². The lowest BCUT2D eigenvalue weighted by atomic mass is 9.79. The molecule has 4 rings (SSSR count). The van der Waals surface area contributed by atoms with E-state index in [0.717, 1.165) is 76.1 Å². The smallest absolute Gasteiger partial charge is 0.220 e. The number of rotatable bonds is 3. The van der Waals surface area contributed by atoms with E-state index in [9.17, 15) is 4.79 Å². The highest BCUT2D eigenvalue weighted by Crippen LogP contribution is 2.36. The van der Waals surface area contributed by atoms with E-state index in [0.29, 0.717) is 13.0 Å². The Morgan fingerprint density at radius 2 is 2.21 bits per heavy atom. The molecule has 0 radical (unpaired) electrons. The van der Waals surface area contributed by atoms with Gasteiger partial charge in [0.2, 0.25) is 5.91 Å². The number of carbonyl (C=O) groups is 1. The lowest BCUT2D eigenvalue weighted by Gasteiger charge is -2.40. The van der Waals surface area contributed by atoms with Gasteiger partial charge >= 0.3 is 0 Å². The molecule has 1 amide bonds. The SMILES string of the molecule is CN=C(NCc1ccc(N2CCOCC2)nc1)N1CCCC2(CNC(=O)C2)C1. The van der Waals surface area contributed by atoms with Crippen LogP contribution in [-0.4, -0.2) is 74.7 Å². The second-order valence-corrected chi connectivity index (χ2v) is 8.00. The molecule has 28 heavy (non-hydrogen) atoms. The van der Waals surface area contributed by atoms with E-state index in [2.05, 4.69) is 42.5 Å². The van der Waals surface area contributed by atoms with Gasteiger partial charge in [-0.2, -0.15) is 0 Å². The average Bonchev–Trinajstić information content (AvgIpc) is 3.09. The zero-order chi connectivity index (χ0) is 19.4. The molecule has 3 fully saturated rings. The van der Waals surface area contributed by atoms with E-state index >= 15 is 0 Å². The molecule has 0 aromatic carbocycles. The fourth-order valence-electron chi connectivity index (χ4n) is 4.44. The first-order valence-corrected chi connectivity index (χ1v) is 10.2. The number of amides is 1. The maximum Gasteiger partial charge on any atom is 0.220 e. The van der Waals surface area contributed by atoms with Crippen LogP contribution >= 0.6 is 0 Å². The summed E-state index contributed by atoms with van der Waals surface area (Å²) in [7, 11) is 1.82. The van der Waals surface area contributed by atoms with Gasteiger partial charge in [0.1, 0.15) is 5.82 Å². The van der Waals surface area contributed by atoms with Crippen LogP contribution in [0.1, 0.15) is 24.8 Å². The Balaban J connectivity index is 1.33. The number of aliphatic imine (C=N–C) groups is 1. The lowest BCUT2D eigenvalue weighted by molar-refractivity contribution is -0.119. The molecule has 1 spiro atoms. The Hall–Kier alpha value is -2.35. The van der Waals surface area contributed by atoms with E-state index in [-0.39, 0.29) is 11.3 Å². The van der Waals surface area contributed by atoms with Crippen LogP contribution in [0.3, 0.4) is 0 Å². The van der Waals surface area contributed by atoms with Crippen molar-refractivity contribution in [2.75, 3.05) is 57.9 Å². The fourth-order valence-corrected chi connectivity index (χ4v) is 4.44. The largest absolute Gasteiger partial charge is 0.378 e. The molecule has 1 aromatic rings.